The van der Waals surface area contributed by atoms with Gasteiger partial charge in [-0.25, -0.2) is 0 Å². The zero-order chi connectivity index (χ0) is 17.2. The lowest BCUT2D eigenvalue weighted by atomic mass is 9.95. The van der Waals surface area contributed by atoms with E-state index in [1.54, 1.807) is 16.2 Å². The molecule has 0 radical (unpaired) electrons. The number of carbonyl (C=O) groups is 2. The van der Waals surface area contributed by atoms with E-state index in [1.165, 1.54) is 19.3 Å². The molecule has 2 amide bonds. The van der Waals surface area contributed by atoms with E-state index in [-0.39, 0.29) is 17.9 Å². The third-order valence-electron chi connectivity index (χ3n) is 5.16. The Labute approximate surface area is 151 Å². The molecular formula is C20H22N2O2S. The molecule has 1 saturated carbocycles. The van der Waals surface area contributed by atoms with Gasteiger partial charge in [0.2, 0.25) is 5.91 Å². The van der Waals surface area contributed by atoms with Crippen molar-refractivity contribution < 1.29 is 9.59 Å². The molecule has 1 atom stereocenters. The molecule has 1 aromatic heterocycles. The zero-order valence-corrected chi connectivity index (χ0v) is 14.9. The van der Waals surface area contributed by atoms with Crippen LogP contribution in [-0.4, -0.2) is 22.8 Å². The second-order valence-corrected chi connectivity index (χ2v) is 7.88. The summed E-state index contributed by atoms with van der Waals surface area (Å²) in [5.41, 5.74) is 1.49. The molecule has 25 heavy (non-hydrogen) atoms. The van der Waals surface area contributed by atoms with Crippen molar-refractivity contribution >= 4 is 23.2 Å². The predicted octanol–water partition coefficient (Wildman–Crippen LogP) is 3.89. The van der Waals surface area contributed by atoms with E-state index in [0.29, 0.717) is 12.1 Å². The largest absolute Gasteiger partial charge is 0.351 e. The Balaban J connectivity index is 1.60. The summed E-state index contributed by atoms with van der Waals surface area (Å²) in [5, 5.41) is 5.20. The highest BCUT2D eigenvalue weighted by Crippen LogP contribution is 2.35. The Bertz CT molecular complexity index is 766. The van der Waals surface area contributed by atoms with Crippen LogP contribution in [0.1, 0.15) is 58.9 Å². The number of nitrogens with zero attached hydrogens (tertiary/aromatic N) is 1. The highest BCUT2D eigenvalue weighted by atomic mass is 32.1. The van der Waals surface area contributed by atoms with Gasteiger partial charge < -0.3 is 10.2 Å². The van der Waals surface area contributed by atoms with Crippen LogP contribution >= 0.6 is 11.3 Å². The lowest BCUT2D eigenvalue weighted by molar-refractivity contribution is -0.126. The number of benzene rings is 1. The summed E-state index contributed by atoms with van der Waals surface area (Å²) in [6, 6.07) is 11.2. The van der Waals surface area contributed by atoms with Crippen molar-refractivity contribution in [1.29, 1.82) is 0 Å². The van der Waals surface area contributed by atoms with Crippen molar-refractivity contribution in [2.75, 3.05) is 0 Å². The smallest absolute Gasteiger partial charge is 0.255 e. The van der Waals surface area contributed by atoms with Crippen LogP contribution in [0.3, 0.4) is 0 Å². The standard InChI is InChI=1S/C20H22N2O2S/c23-19(21-14-7-2-1-3-8-14)18-16-10-4-5-11-17(16)20(24)22(18)13-15-9-6-12-25-15/h4-6,9-12,14,18H,1-3,7-8,13H2,(H,21,23). The third-order valence-corrected chi connectivity index (χ3v) is 6.03. The number of hydrogen-bond donors (Lipinski definition) is 1. The summed E-state index contributed by atoms with van der Waals surface area (Å²) in [6.07, 6.45) is 5.67. The van der Waals surface area contributed by atoms with Crippen LogP contribution in [0, 0.1) is 0 Å². The minimum absolute atomic E-state index is 0.0400. The number of nitrogens with one attached hydrogen (secondary N) is 1. The van der Waals surface area contributed by atoms with Crippen molar-refractivity contribution in [2.45, 2.75) is 50.7 Å². The molecule has 1 aliphatic carbocycles. The van der Waals surface area contributed by atoms with Gasteiger partial charge in [0.05, 0.1) is 6.54 Å². The fraction of sp³-hybridized carbons (Fsp3) is 0.400. The van der Waals surface area contributed by atoms with E-state index < -0.39 is 6.04 Å². The summed E-state index contributed by atoms with van der Waals surface area (Å²) in [7, 11) is 0. The first kappa shape index (κ1) is 16.3. The minimum atomic E-state index is -0.521. The van der Waals surface area contributed by atoms with Crippen LogP contribution in [0.2, 0.25) is 0 Å². The Morgan fingerprint density at radius 2 is 1.92 bits per heavy atom. The van der Waals surface area contributed by atoms with Gasteiger partial charge in [0.1, 0.15) is 6.04 Å². The van der Waals surface area contributed by atoms with Crippen molar-refractivity contribution in [3.63, 3.8) is 0 Å². The summed E-state index contributed by atoms with van der Waals surface area (Å²) in [5.74, 6) is -0.0884. The van der Waals surface area contributed by atoms with Crippen molar-refractivity contribution in [3.8, 4) is 0 Å². The summed E-state index contributed by atoms with van der Waals surface area (Å²) in [6.45, 7) is 0.480. The maximum Gasteiger partial charge on any atom is 0.255 e. The molecule has 1 N–H and O–H groups in total. The van der Waals surface area contributed by atoms with E-state index in [0.717, 1.165) is 23.3 Å². The Kier molecular flexibility index (Phi) is 4.57. The second kappa shape index (κ2) is 7.00. The lowest BCUT2D eigenvalue weighted by Gasteiger charge is -2.28. The Morgan fingerprint density at radius 1 is 1.12 bits per heavy atom. The maximum absolute atomic E-state index is 13.1. The molecule has 1 aromatic carbocycles. The van der Waals surface area contributed by atoms with Gasteiger partial charge in [-0.1, -0.05) is 43.5 Å². The monoisotopic (exact) mass is 354 g/mol. The van der Waals surface area contributed by atoms with E-state index in [9.17, 15) is 9.59 Å². The molecule has 1 aliphatic heterocycles. The van der Waals surface area contributed by atoms with E-state index in [1.807, 2.05) is 41.8 Å². The number of hydrogen-bond acceptors (Lipinski definition) is 3. The van der Waals surface area contributed by atoms with Gasteiger partial charge in [0.25, 0.3) is 5.91 Å². The predicted molar refractivity (Wildman–Crippen MR) is 98.4 cm³/mol. The number of rotatable bonds is 4. The van der Waals surface area contributed by atoms with E-state index >= 15 is 0 Å². The molecule has 1 fully saturated rings. The fourth-order valence-corrected chi connectivity index (χ4v) is 4.62. The first-order valence-electron chi connectivity index (χ1n) is 8.96. The summed E-state index contributed by atoms with van der Waals surface area (Å²) >= 11 is 1.61. The Morgan fingerprint density at radius 3 is 2.68 bits per heavy atom. The van der Waals surface area contributed by atoms with Crippen LogP contribution in [0.25, 0.3) is 0 Å². The first-order valence-corrected chi connectivity index (χ1v) is 9.84. The number of carbonyl (C=O) groups excluding carboxylic acids is 2. The molecule has 4 nitrogen and oxygen atoms in total. The van der Waals surface area contributed by atoms with Crippen LogP contribution in [-0.2, 0) is 11.3 Å². The third kappa shape index (κ3) is 3.21. The molecule has 1 unspecified atom stereocenters. The lowest BCUT2D eigenvalue weighted by Crippen LogP contribution is -2.43. The maximum atomic E-state index is 13.1. The number of amides is 2. The average Bonchev–Trinajstić information content (AvgIpc) is 3.24. The highest BCUT2D eigenvalue weighted by Gasteiger charge is 2.41. The van der Waals surface area contributed by atoms with Gasteiger partial charge in [-0.15, -0.1) is 11.3 Å². The van der Waals surface area contributed by atoms with Gasteiger partial charge in [0.15, 0.2) is 0 Å². The molecule has 2 aromatic rings. The van der Waals surface area contributed by atoms with Crippen LogP contribution in [0.15, 0.2) is 41.8 Å². The highest BCUT2D eigenvalue weighted by molar-refractivity contribution is 7.09. The normalized spacial score (nSPS) is 20.6. The van der Waals surface area contributed by atoms with E-state index in [4.69, 9.17) is 0 Å². The molecular weight excluding hydrogens is 332 g/mol. The topological polar surface area (TPSA) is 49.4 Å². The van der Waals surface area contributed by atoms with Gasteiger partial charge in [0, 0.05) is 16.5 Å². The van der Waals surface area contributed by atoms with E-state index in [2.05, 4.69) is 5.32 Å². The second-order valence-electron chi connectivity index (χ2n) is 6.85. The van der Waals surface area contributed by atoms with Gasteiger partial charge in [-0.2, -0.15) is 0 Å². The fourth-order valence-electron chi connectivity index (χ4n) is 3.91. The number of thiophene rings is 1. The minimum Gasteiger partial charge on any atom is -0.351 e. The first-order chi connectivity index (χ1) is 12.2. The quantitative estimate of drug-likeness (QED) is 0.905. The molecule has 130 valence electrons. The molecule has 4 rings (SSSR count). The Hall–Kier alpha value is -2.14. The molecule has 0 bridgehead atoms. The van der Waals surface area contributed by atoms with Gasteiger partial charge in [-0.3, -0.25) is 9.59 Å². The van der Waals surface area contributed by atoms with Crippen LogP contribution < -0.4 is 5.32 Å². The van der Waals surface area contributed by atoms with Crippen LogP contribution in [0.5, 0.6) is 0 Å². The molecule has 2 heterocycles. The van der Waals surface area contributed by atoms with Gasteiger partial charge in [-0.05, 0) is 35.9 Å². The average molecular weight is 354 g/mol. The van der Waals surface area contributed by atoms with Crippen LogP contribution in [0.4, 0.5) is 0 Å². The summed E-state index contributed by atoms with van der Waals surface area (Å²) < 4.78 is 0. The molecule has 2 aliphatic rings. The summed E-state index contributed by atoms with van der Waals surface area (Å²) in [4.78, 5) is 28.8. The SMILES string of the molecule is O=C(NC1CCCCC1)C1c2ccccc2C(=O)N1Cc1cccs1. The van der Waals surface area contributed by atoms with Crippen molar-refractivity contribution in [2.24, 2.45) is 0 Å². The van der Waals surface area contributed by atoms with Crippen molar-refractivity contribution in [1.82, 2.24) is 10.2 Å². The molecule has 5 heteroatoms. The van der Waals surface area contributed by atoms with Gasteiger partial charge >= 0.3 is 0 Å². The van der Waals surface area contributed by atoms with Crippen molar-refractivity contribution in [3.05, 3.63) is 57.8 Å². The molecule has 0 saturated heterocycles. The molecule has 0 spiro atoms. The number of fused-ring (bicyclic) bond motifs is 1. The zero-order valence-electron chi connectivity index (χ0n) is 14.1.